The molecule has 1 saturated heterocycles. The minimum absolute atomic E-state index is 0.0493. The van der Waals surface area contributed by atoms with Crippen molar-refractivity contribution in [1.82, 2.24) is 9.80 Å². The van der Waals surface area contributed by atoms with Gasteiger partial charge >= 0.3 is 6.03 Å². The first kappa shape index (κ1) is 17.1. The fourth-order valence-corrected chi connectivity index (χ4v) is 3.69. The molecule has 0 bridgehead atoms. The Kier molecular flexibility index (Phi) is 4.66. The number of morpholine rings is 1. The van der Waals surface area contributed by atoms with Gasteiger partial charge in [0.15, 0.2) is 0 Å². The summed E-state index contributed by atoms with van der Waals surface area (Å²) in [6.45, 7) is 6.53. The molecule has 0 aliphatic carbocycles. The van der Waals surface area contributed by atoms with Crippen molar-refractivity contribution in [3.8, 4) is 11.1 Å². The second kappa shape index (κ2) is 7.09. The highest BCUT2D eigenvalue weighted by molar-refractivity contribution is 5.92. The SMILES string of the molecule is CC(c1ccc(-c2ccc3c(c2)CN(C)C(=O)N3)cc1)N1CCOCC1. The molecule has 4 rings (SSSR count). The van der Waals surface area contributed by atoms with Gasteiger partial charge in [0.2, 0.25) is 0 Å². The zero-order valence-electron chi connectivity index (χ0n) is 15.4. The van der Waals surface area contributed by atoms with Crippen LogP contribution >= 0.6 is 0 Å². The van der Waals surface area contributed by atoms with E-state index in [-0.39, 0.29) is 6.03 Å². The van der Waals surface area contributed by atoms with Gasteiger partial charge in [-0.15, -0.1) is 0 Å². The van der Waals surface area contributed by atoms with Crippen molar-refractivity contribution in [2.75, 3.05) is 38.7 Å². The summed E-state index contributed by atoms with van der Waals surface area (Å²) in [4.78, 5) is 15.9. The molecule has 5 heteroatoms. The van der Waals surface area contributed by atoms with E-state index in [4.69, 9.17) is 4.74 Å². The highest BCUT2D eigenvalue weighted by Gasteiger charge is 2.20. The summed E-state index contributed by atoms with van der Waals surface area (Å²) in [6, 6.07) is 15.4. The highest BCUT2D eigenvalue weighted by Crippen LogP contribution is 2.30. The van der Waals surface area contributed by atoms with Crippen LogP contribution in [0.15, 0.2) is 42.5 Å². The van der Waals surface area contributed by atoms with Crippen molar-refractivity contribution >= 4 is 11.7 Å². The number of urea groups is 1. The zero-order chi connectivity index (χ0) is 18.1. The lowest BCUT2D eigenvalue weighted by Crippen LogP contribution is -2.37. The monoisotopic (exact) mass is 351 g/mol. The standard InChI is InChI=1S/C21H25N3O2/c1-15(24-9-11-26-12-10-24)16-3-5-17(6-4-16)18-7-8-20-19(13-18)14-23(2)21(25)22-20/h3-8,13,15H,9-12,14H2,1-2H3,(H,22,25). The summed E-state index contributed by atoms with van der Waals surface area (Å²) in [5.41, 5.74) is 5.77. The molecule has 0 spiro atoms. The van der Waals surface area contributed by atoms with Crippen molar-refractivity contribution in [3.63, 3.8) is 0 Å². The van der Waals surface area contributed by atoms with Crippen LogP contribution in [-0.2, 0) is 11.3 Å². The number of anilines is 1. The van der Waals surface area contributed by atoms with Crippen molar-refractivity contribution in [1.29, 1.82) is 0 Å². The van der Waals surface area contributed by atoms with E-state index in [9.17, 15) is 4.79 Å². The minimum atomic E-state index is -0.0493. The van der Waals surface area contributed by atoms with Crippen LogP contribution in [0, 0.1) is 0 Å². The largest absolute Gasteiger partial charge is 0.379 e. The normalized spacial score (nSPS) is 19.0. The molecular formula is C21H25N3O2. The highest BCUT2D eigenvalue weighted by atomic mass is 16.5. The molecule has 2 aromatic rings. The Morgan fingerprint density at radius 3 is 2.46 bits per heavy atom. The Morgan fingerprint density at radius 2 is 1.73 bits per heavy atom. The fourth-order valence-electron chi connectivity index (χ4n) is 3.69. The molecule has 2 amide bonds. The van der Waals surface area contributed by atoms with Gasteiger partial charge < -0.3 is 15.0 Å². The Morgan fingerprint density at radius 1 is 1.04 bits per heavy atom. The number of hydrogen-bond donors (Lipinski definition) is 1. The Balaban J connectivity index is 1.53. The molecule has 2 aliphatic heterocycles. The predicted octanol–water partition coefficient (Wildman–Crippen LogP) is 3.72. The molecule has 1 unspecified atom stereocenters. The first-order valence-electron chi connectivity index (χ1n) is 9.19. The smallest absolute Gasteiger partial charge is 0.321 e. The Bertz CT molecular complexity index is 797. The lowest BCUT2D eigenvalue weighted by molar-refractivity contribution is 0.0198. The van der Waals surface area contributed by atoms with Crippen molar-refractivity contribution in [3.05, 3.63) is 53.6 Å². The van der Waals surface area contributed by atoms with Gasteiger partial charge in [-0.25, -0.2) is 4.79 Å². The zero-order valence-corrected chi connectivity index (χ0v) is 15.4. The number of nitrogens with one attached hydrogen (secondary N) is 1. The van der Waals surface area contributed by atoms with E-state index < -0.39 is 0 Å². The van der Waals surface area contributed by atoms with Gasteiger partial charge in [0.25, 0.3) is 0 Å². The van der Waals surface area contributed by atoms with E-state index in [1.807, 2.05) is 13.1 Å². The van der Waals surface area contributed by atoms with Crippen LogP contribution < -0.4 is 5.32 Å². The van der Waals surface area contributed by atoms with E-state index >= 15 is 0 Å². The van der Waals surface area contributed by atoms with Gasteiger partial charge in [-0.05, 0) is 41.3 Å². The number of amides is 2. The van der Waals surface area contributed by atoms with Gasteiger partial charge in [-0.2, -0.15) is 0 Å². The predicted molar refractivity (Wildman–Crippen MR) is 103 cm³/mol. The first-order chi connectivity index (χ1) is 12.6. The van der Waals surface area contributed by atoms with Gasteiger partial charge in [0, 0.05) is 38.4 Å². The van der Waals surface area contributed by atoms with Crippen molar-refractivity contribution in [2.45, 2.75) is 19.5 Å². The maximum atomic E-state index is 11.7. The Labute approximate surface area is 154 Å². The lowest BCUT2D eigenvalue weighted by Gasteiger charge is -2.32. The maximum absolute atomic E-state index is 11.7. The second-order valence-electron chi connectivity index (χ2n) is 7.10. The molecule has 1 N–H and O–H groups in total. The summed E-state index contributed by atoms with van der Waals surface area (Å²) < 4.78 is 5.45. The number of carbonyl (C=O) groups is 1. The molecule has 2 heterocycles. The number of carbonyl (C=O) groups excluding carboxylic acids is 1. The first-order valence-corrected chi connectivity index (χ1v) is 9.19. The number of rotatable bonds is 3. The summed E-state index contributed by atoms with van der Waals surface area (Å²) >= 11 is 0. The average molecular weight is 351 g/mol. The van der Waals surface area contributed by atoms with Crippen LogP contribution in [0.25, 0.3) is 11.1 Å². The number of hydrogen-bond acceptors (Lipinski definition) is 3. The topological polar surface area (TPSA) is 44.8 Å². The molecule has 0 radical (unpaired) electrons. The van der Waals surface area contributed by atoms with Crippen molar-refractivity contribution in [2.24, 2.45) is 0 Å². The molecule has 0 saturated carbocycles. The molecular weight excluding hydrogens is 326 g/mol. The third-order valence-electron chi connectivity index (χ3n) is 5.42. The summed E-state index contributed by atoms with van der Waals surface area (Å²) in [7, 11) is 1.81. The van der Waals surface area contributed by atoms with Gasteiger partial charge in [0.05, 0.1) is 13.2 Å². The second-order valence-corrected chi connectivity index (χ2v) is 7.10. The average Bonchev–Trinajstić information content (AvgIpc) is 2.69. The van der Waals surface area contributed by atoms with Crippen LogP contribution in [0.5, 0.6) is 0 Å². The van der Waals surface area contributed by atoms with Crippen LogP contribution in [0.4, 0.5) is 10.5 Å². The van der Waals surface area contributed by atoms with E-state index in [1.165, 1.54) is 16.7 Å². The third kappa shape index (κ3) is 3.32. The lowest BCUT2D eigenvalue weighted by atomic mass is 9.98. The number of ether oxygens (including phenoxy) is 1. The summed E-state index contributed by atoms with van der Waals surface area (Å²) in [5.74, 6) is 0. The molecule has 2 aromatic carbocycles. The number of benzene rings is 2. The van der Waals surface area contributed by atoms with E-state index in [0.717, 1.165) is 37.6 Å². The Hall–Kier alpha value is -2.37. The molecule has 26 heavy (non-hydrogen) atoms. The molecule has 1 atom stereocenters. The van der Waals surface area contributed by atoms with Crippen LogP contribution in [0.1, 0.15) is 24.1 Å². The summed E-state index contributed by atoms with van der Waals surface area (Å²) in [6.07, 6.45) is 0. The number of fused-ring (bicyclic) bond motifs is 1. The van der Waals surface area contributed by atoms with Crippen LogP contribution in [0.2, 0.25) is 0 Å². The van der Waals surface area contributed by atoms with Crippen molar-refractivity contribution < 1.29 is 9.53 Å². The van der Waals surface area contributed by atoms with Gasteiger partial charge in [-0.3, -0.25) is 4.90 Å². The fraction of sp³-hybridized carbons (Fsp3) is 0.381. The third-order valence-corrected chi connectivity index (χ3v) is 5.42. The van der Waals surface area contributed by atoms with Crippen LogP contribution in [-0.4, -0.2) is 49.2 Å². The molecule has 2 aliphatic rings. The van der Waals surface area contributed by atoms with E-state index in [2.05, 4.69) is 53.5 Å². The van der Waals surface area contributed by atoms with E-state index in [1.54, 1.807) is 4.90 Å². The van der Waals surface area contributed by atoms with Crippen LogP contribution in [0.3, 0.4) is 0 Å². The van der Waals surface area contributed by atoms with E-state index in [0.29, 0.717) is 12.6 Å². The minimum Gasteiger partial charge on any atom is -0.379 e. The quantitative estimate of drug-likeness (QED) is 0.916. The molecule has 136 valence electrons. The van der Waals surface area contributed by atoms with Gasteiger partial charge in [-0.1, -0.05) is 30.3 Å². The van der Waals surface area contributed by atoms with Gasteiger partial charge in [0.1, 0.15) is 0 Å². The molecule has 1 fully saturated rings. The molecule has 0 aromatic heterocycles. The summed E-state index contributed by atoms with van der Waals surface area (Å²) in [5, 5.41) is 2.92. The molecule has 5 nitrogen and oxygen atoms in total. The number of nitrogens with zero attached hydrogens (tertiary/aromatic N) is 2. The maximum Gasteiger partial charge on any atom is 0.321 e.